The minimum absolute atomic E-state index is 0.121. The summed E-state index contributed by atoms with van der Waals surface area (Å²) in [5.41, 5.74) is 2.23. The Morgan fingerprint density at radius 3 is 2.82 bits per heavy atom. The number of thiophene rings is 1. The van der Waals surface area contributed by atoms with Gasteiger partial charge in [-0.25, -0.2) is 14.8 Å². The van der Waals surface area contributed by atoms with Crippen LogP contribution in [-0.4, -0.2) is 22.7 Å². The number of hydrogen-bond acceptors (Lipinski definition) is 7. The number of allylic oxidation sites excluding steroid dienone is 1. The van der Waals surface area contributed by atoms with Gasteiger partial charge in [0.05, 0.1) is 17.2 Å². The molecular weight excluding hydrogens is 374 g/mol. The standard InChI is InChI=1S/C21H17N3O3S/c1-2-27-21(26)17-18(25)16(28-20(17)24-14-8-4-3-5-9-14)12-15-11-13-7-6-10-22-19(13)23-15/h3-12,24-25H,2H2,1H3/b15-12+. The van der Waals surface area contributed by atoms with Crippen LogP contribution in [0, 0.1) is 0 Å². The Kier molecular flexibility index (Phi) is 4.90. The molecular formula is C21H17N3O3S. The Balaban J connectivity index is 1.76. The topological polar surface area (TPSA) is 83.8 Å². The number of anilines is 2. The maximum Gasteiger partial charge on any atom is 0.344 e. The molecule has 1 aromatic carbocycles. The quantitative estimate of drug-likeness (QED) is 0.653. The Morgan fingerprint density at radius 1 is 1.25 bits per heavy atom. The Labute approximate surface area is 165 Å². The summed E-state index contributed by atoms with van der Waals surface area (Å²) in [5, 5.41) is 15.3. The van der Waals surface area contributed by atoms with E-state index in [0.717, 1.165) is 10.9 Å². The Hall–Kier alpha value is -3.45. The van der Waals surface area contributed by atoms with E-state index < -0.39 is 5.97 Å². The lowest BCUT2D eigenvalue weighted by atomic mass is 10.2. The van der Waals surface area contributed by atoms with Crippen LogP contribution in [0.5, 0.6) is 5.75 Å². The number of aromatic nitrogens is 1. The van der Waals surface area contributed by atoms with Crippen molar-refractivity contribution in [1.29, 1.82) is 0 Å². The van der Waals surface area contributed by atoms with E-state index in [9.17, 15) is 9.90 Å². The second kappa shape index (κ2) is 7.66. The molecule has 0 radical (unpaired) electrons. The van der Waals surface area contributed by atoms with E-state index >= 15 is 0 Å². The van der Waals surface area contributed by atoms with Gasteiger partial charge in [-0.1, -0.05) is 18.2 Å². The number of rotatable bonds is 5. The van der Waals surface area contributed by atoms with Crippen molar-refractivity contribution >= 4 is 40.1 Å². The zero-order valence-corrected chi connectivity index (χ0v) is 15.9. The molecule has 0 spiro atoms. The van der Waals surface area contributed by atoms with Crippen LogP contribution in [0.4, 0.5) is 10.7 Å². The van der Waals surface area contributed by atoms with Gasteiger partial charge in [-0.2, -0.15) is 0 Å². The van der Waals surface area contributed by atoms with Crippen LogP contribution in [0.3, 0.4) is 0 Å². The number of para-hydroxylation sites is 1. The van der Waals surface area contributed by atoms with Gasteiger partial charge in [0.25, 0.3) is 0 Å². The van der Waals surface area contributed by atoms with Crippen molar-refractivity contribution in [3.05, 3.63) is 75.5 Å². The fraction of sp³-hybridized carbons (Fsp3) is 0.0952. The third-order valence-electron chi connectivity index (χ3n) is 4.05. The molecule has 28 heavy (non-hydrogen) atoms. The number of esters is 1. The molecule has 0 unspecified atom stereocenters. The lowest BCUT2D eigenvalue weighted by Gasteiger charge is -2.07. The second-order valence-corrected chi connectivity index (χ2v) is 7.02. The summed E-state index contributed by atoms with van der Waals surface area (Å²) in [6.45, 7) is 1.95. The number of carbonyl (C=O) groups is 1. The molecule has 3 aromatic rings. The van der Waals surface area contributed by atoms with E-state index in [1.807, 2.05) is 48.5 Å². The van der Waals surface area contributed by atoms with Crippen LogP contribution in [0.25, 0.3) is 12.2 Å². The minimum atomic E-state index is -0.573. The van der Waals surface area contributed by atoms with Gasteiger partial charge in [0.15, 0.2) is 5.49 Å². The molecule has 140 valence electrons. The van der Waals surface area contributed by atoms with Crippen molar-refractivity contribution in [2.75, 3.05) is 11.9 Å². The van der Waals surface area contributed by atoms with Crippen LogP contribution in [0.15, 0.2) is 59.4 Å². The monoisotopic (exact) mass is 391 g/mol. The average Bonchev–Trinajstić information content (AvgIpc) is 3.23. The van der Waals surface area contributed by atoms with Gasteiger partial charge in [-0.05, 0) is 43.3 Å². The highest BCUT2D eigenvalue weighted by atomic mass is 32.1. The number of fused-ring (bicyclic) bond motifs is 1. The zero-order chi connectivity index (χ0) is 19.5. The zero-order valence-electron chi connectivity index (χ0n) is 15.0. The van der Waals surface area contributed by atoms with Gasteiger partial charge in [0.1, 0.15) is 16.3 Å². The summed E-state index contributed by atoms with van der Waals surface area (Å²) < 4.78 is 5.13. The fourth-order valence-electron chi connectivity index (χ4n) is 2.81. The highest BCUT2D eigenvalue weighted by Crippen LogP contribution is 2.42. The number of carbonyl (C=O) groups excluding carboxylic acids is 1. The van der Waals surface area contributed by atoms with E-state index in [2.05, 4.69) is 15.3 Å². The SMILES string of the molecule is CCOC(=O)c1c(Nc2ccccc2)sc(/C=C2\C=c3cccnc3=N2)c1O. The first-order valence-electron chi connectivity index (χ1n) is 8.74. The Bertz CT molecular complexity index is 1150. The second-order valence-electron chi connectivity index (χ2n) is 5.97. The molecule has 0 fully saturated rings. The van der Waals surface area contributed by atoms with Crippen LogP contribution < -0.4 is 16.0 Å². The molecule has 1 aliphatic heterocycles. The molecule has 0 bridgehead atoms. The van der Waals surface area contributed by atoms with E-state index in [4.69, 9.17) is 4.74 Å². The average molecular weight is 391 g/mol. The molecule has 4 rings (SSSR count). The van der Waals surface area contributed by atoms with Crippen LogP contribution in [0.2, 0.25) is 0 Å². The number of pyridine rings is 1. The van der Waals surface area contributed by atoms with Crippen molar-refractivity contribution < 1.29 is 14.6 Å². The third kappa shape index (κ3) is 3.52. The first kappa shape index (κ1) is 17.9. The number of aromatic hydroxyl groups is 1. The summed E-state index contributed by atoms with van der Waals surface area (Å²) in [6, 6.07) is 13.2. The van der Waals surface area contributed by atoms with Gasteiger partial charge < -0.3 is 15.2 Å². The lowest BCUT2D eigenvalue weighted by molar-refractivity contribution is 0.0525. The molecule has 0 atom stereocenters. The van der Waals surface area contributed by atoms with E-state index in [-0.39, 0.29) is 17.9 Å². The highest BCUT2D eigenvalue weighted by molar-refractivity contribution is 7.17. The van der Waals surface area contributed by atoms with Gasteiger partial charge >= 0.3 is 5.97 Å². The smallest absolute Gasteiger partial charge is 0.344 e. The van der Waals surface area contributed by atoms with Crippen molar-refractivity contribution in [2.45, 2.75) is 6.92 Å². The highest BCUT2D eigenvalue weighted by Gasteiger charge is 2.24. The van der Waals surface area contributed by atoms with Crippen molar-refractivity contribution in [2.24, 2.45) is 4.99 Å². The number of hydrogen-bond donors (Lipinski definition) is 2. The first-order chi connectivity index (χ1) is 13.7. The first-order valence-corrected chi connectivity index (χ1v) is 9.55. The van der Waals surface area contributed by atoms with Gasteiger partial charge in [-0.15, -0.1) is 11.3 Å². The molecule has 0 aliphatic carbocycles. The maximum absolute atomic E-state index is 12.4. The number of ether oxygens (including phenoxy) is 1. The van der Waals surface area contributed by atoms with Crippen molar-refractivity contribution in [3.63, 3.8) is 0 Å². The Morgan fingerprint density at radius 2 is 2.07 bits per heavy atom. The molecule has 0 saturated heterocycles. The summed E-state index contributed by atoms with van der Waals surface area (Å²) >= 11 is 1.26. The molecule has 0 amide bonds. The van der Waals surface area contributed by atoms with Gasteiger partial charge in [-0.3, -0.25) is 0 Å². The molecule has 7 heteroatoms. The summed E-state index contributed by atoms with van der Waals surface area (Å²) in [5.74, 6) is -0.696. The number of nitrogens with zero attached hydrogens (tertiary/aromatic N) is 2. The fourth-order valence-corrected chi connectivity index (χ4v) is 3.86. The van der Waals surface area contributed by atoms with E-state index in [1.165, 1.54) is 11.3 Å². The third-order valence-corrected chi connectivity index (χ3v) is 5.10. The minimum Gasteiger partial charge on any atom is -0.505 e. The maximum atomic E-state index is 12.4. The summed E-state index contributed by atoms with van der Waals surface area (Å²) in [4.78, 5) is 21.6. The van der Waals surface area contributed by atoms with Crippen LogP contribution in [-0.2, 0) is 4.74 Å². The van der Waals surface area contributed by atoms with E-state index in [1.54, 1.807) is 19.2 Å². The number of nitrogens with one attached hydrogen (secondary N) is 1. The molecule has 0 saturated carbocycles. The molecule has 2 aromatic heterocycles. The van der Waals surface area contributed by atoms with E-state index in [0.29, 0.717) is 21.1 Å². The van der Waals surface area contributed by atoms with Crippen LogP contribution in [0.1, 0.15) is 22.2 Å². The normalized spacial score (nSPS) is 13.5. The molecule has 3 heterocycles. The predicted octanol–water partition coefficient (Wildman–Crippen LogP) is 3.22. The molecule has 1 aliphatic rings. The summed E-state index contributed by atoms with van der Waals surface area (Å²) in [7, 11) is 0. The largest absolute Gasteiger partial charge is 0.505 e. The molecule has 2 N–H and O–H groups in total. The summed E-state index contributed by atoms with van der Waals surface area (Å²) in [6.07, 6.45) is 5.30. The molecule has 6 nitrogen and oxygen atoms in total. The predicted molar refractivity (Wildman–Crippen MR) is 109 cm³/mol. The van der Waals surface area contributed by atoms with Crippen LogP contribution >= 0.6 is 11.3 Å². The van der Waals surface area contributed by atoms with Crippen molar-refractivity contribution in [3.8, 4) is 5.75 Å². The van der Waals surface area contributed by atoms with Gasteiger partial charge in [0, 0.05) is 17.1 Å². The van der Waals surface area contributed by atoms with Crippen molar-refractivity contribution in [1.82, 2.24) is 4.98 Å². The number of benzene rings is 1. The lowest BCUT2D eigenvalue weighted by Crippen LogP contribution is -2.23. The van der Waals surface area contributed by atoms with Gasteiger partial charge in [0.2, 0.25) is 0 Å².